The Morgan fingerprint density at radius 1 is 0.846 bits per heavy atom. The molecular weight excluding hydrogens is 328 g/mol. The normalized spacial score (nSPS) is 10.8. The Morgan fingerprint density at radius 3 is 2.38 bits per heavy atom. The molecule has 3 aromatic carbocycles. The van der Waals surface area contributed by atoms with Crippen LogP contribution in [0, 0.1) is 0 Å². The number of nitrogen functional groups attached to an aromatic ring is 2. The minimum absolute atomic E-state index is 0.0761. The highest BCUT2D eigenvalue weighted by atomic mass is 16.5. The number of hydrogen-bond donors (Lipinski definition) is 2. The summed E-state index contributed by atoms with van der Waals surface area (Å²) in [7, 11) is 0. The molecule has 0 amide bonds. The Hall–Kier alpha value is -3.73. The fourth-order valence-corrected chi connectivity index (χ4v) is 2.75. The summed E-state index contributed by atoms with van der Waals surface area (Å²) in [5.74, 6) is 0.730. The first-order valence-electron chi connectivity index (χ1n) is 8.07. The van der Waals surface area contributed by atoms with E-state index in [2.05, 4.69) is 0 Å². The van der Waals surface area contributed by atoms with Crippen LogP contribution >= 0.6 is 0 Å². The van der Waals surface area contributed by atoms with E-state index < -0.39 is 0 Å². The molecule has 0 saturated carbocycles. The minimum Gasteiger partial charge on any atom is -0.452 e. The van der Waals surface area contributed by atoms with Crippen LogP contribution in [0.3, 0.4) is 0 Å². The van der Waals surface area contributed by atoms with Gasteiger partial charge in [0, 0.05) is 17.3 Å². The third-order valence-corrected chi connectivity index (χ3v) is 4.04. The Balaban J connectivity index is 1.98. The second-order valence-corrected chi connectivity index (χ2v) is 5.85. The van der Waals surface area contributed by atoms with E-state index in [1.807, 2.05) is 36.4 Å². The number of fused-ring (bicyclic) bond motifs is 1. The van der Waals surface area contributed by atoms with Gasteiger partial charge in [-0.25, -0.2) is 0 Å². The van der Waals surface area contributed by atoms with Gasteiger partial charge in [-0.2, -0.15) is 0 Å². The van der Waals surface area contributed by atoms with Crippen LogP contribution in [0.1, 0.15) is 0 Å². The Morgan fingerprint density at radius 2 is 1.58 bits per heavy atom. The van der Waals surface area contributed by atoms with Crippen molar-refractivity contribution < 1.29 is 9.15 Å². The molecule has 5 heteroatoms. The zero-order chi connectivity index (χ0) is 18.1. The van der Waals surface area contributed by atoms with Crippen LogP contribution < -0.4 is 21.6 Å². The molecule has 0 radical (unpaired) electrons. The lowest BCUT2D eigenvalue weighted by Gasteiger charge is -2.13. The van der Waals surface area contributed by atoms with Crippen LogP contribution in [0.4, 0.5) is 11.4 Å². The highest BCUT2D eigenvalue weighted by molar-refractivity contribution is 5.82. The van der Waals surface area contributed by atoms with Crippen LogP contribution in [-0.4, -0.2) is 0 Å². The lowest BCUT2D eigenvalue weighted by Crippen LogP contribution is -2.08. The van der Waals surface area contributed by atoms with Crippen LogP contribution in [0.15, 0.2) is 82.0 Å². The molecule has 26 heavy (non-hydrogen) atoms. The number of nitrogens with two attached hydrogens (primary N) is 2. The van der Waals surface area contributed by atoms with Gasteiger partial charge in [-0.05, 0) is 24.3 Å². The molecule has 4 N–H and O–H groups in total. The van der Waals surface area contributed by atoms with Crippen LogP contribution in [0.2, 0.25) is 0 Å². The Labute approximate surface area is 149 Å². The van der Waals surface area contributed by atoms with Gasteiger partial charge in [0.05, 0.1) is 11.1 Å². The average molecular weight is 344 g/mol. The molecule has 4 rings (SSSR count). The van der Waals surface area contributed by atoms with Gasteiger partial charge in [0.2, 0.25) is 11.2 Å². The van der Waals surface area contributed by atoms with E-state index in [1.165, 1.54) is 0 Å². The summed E-state index contributed by atoms with van der Waals surface area (Å²) < 4.78 is 11.9. The summed E-state index contributed by atoms with van der Waals surface area (Å²) in [6, 6.07) is 21.2. The number of rotatable bonds is 3. The van der Waals surface area contributed by atoms with Gasteiger partial charge >= 0.3 is 0 Å². The zero-order valence-electron chi connectivity index (χ0n) is 13.8. The molecule has 5 nitrogen and oxygen atoms in total. The highest BCUT2D eigenvalue weighted by Crippen LogP contribution is 2.35. The molecule has 0 atom stereocenters. The number of para-hydroxylation sites is 1. The van der Waals surface area contributed by atoms with E-state index in [4.69, 9.17) is 20.6 Å². The maximum absolute atomic E-state index is 13.1. The quantitative estimate of drug-likeness (QED) is 0.537. The molecule has 128 valence electrons. The van der Waals surface area contributed by atoms with Gasteiger partial charge in [-0.15, -0.1) is 0 Å². The average Bonchev–Trinajstić information content (AvgIpc) is 2.67. The van der Waals surface area contributed by atoms with Crippen molar-refractivity contribution in [3.63, 3.8) is 0 Å². The molecular formula is C21H16N2O3. The van der Waals surface area contributed by atoms with Crippen molar-refractivity contribution >= 4 is 22.3 Å². The summed E-state index contributed by atoms with van der Waals surface area (Å²) in [5.41, 5.74) is 13.6. The second kappa shape index (κ2) is 6.29. The molecule has 1 aromatic heterocycles. The van der Waals surface area contributed by atoms with Gasteiger partial charge in [-0.3, -0.25) is 4.79 Å². The molecule has 1 heterocycles. The number of anilines is 2. The summed E-state index contributed by atoms with van der Waals surface area (Å²) in [6.45, 7) is 0. The summed E-state index contributed by atoms with van der Waals surface area (Å²) >= 11 is 0. The SMILES string of the molecule is Nc1ccc(N)c(Oc2c(-c3ccccc3)oc3ccccc3c2=O)c1. The predicted molar refractivity (Wildman–Crippen MR) is 103 cm³/mol. The minimum atomic E-state index is -0.271. The summed E-state index contributed by atoms with van der Waals surface area (Å²) in [6.07, 6.45) is 0. The summed E-state index contributed by atoms with van der Waals surface area (Å²) in [5, 5.41) is 0.435. The van der Waals surface area contributed by atoms with Gasteiger partial charge in [0.1, 0.15) is 5.58 Å². The molecule has 0 fully saturated rings. The predicted octanol–water partition coefficient (Wildman–Crippen LogP) is 4.42. The van der Waals surface area contributed by atoms with Crippen LogP contribution in [0.25, 0.3) is 22.3 Å². The molecule has 4 aromatic rings. The van der Waals surface area contributed by atoms with Gasteiger partial charge in [-0.1, -0.05) is 42.5 Å². The van der Waals surface area contributed by atoms with Crippen molar-refractivity contribution in [2.45, 2.75) is 0 Å². The van der Waals surface area contributed by atoms with Crippen molar-refractivity contribution in [3.05, 3.63) is 83.0 Å². The van der Waals surface area contributed by atoms with Gasteiger partial charge in [0.15, 0.2) is 11.5 Å². The standard InChI is InChI=1S/C21H16N2O3/c22-14-10-11-16(23)18(12-14)26-21-19(24)15-8-4-5-9-17(15)25-20(21)13-6-2-1-3-7-13/h1-12H,22-23H2. The third-order valence-electron chi connectivity index (χ3n) is 4.04. The summed E-state index contributed by atoms with van der Waals surface area (Å²) in [4.78, 5) is 13.1. The van der Waals surface area contributed by atoms with Crippen molar-refractivity contribution in [3.8, 4) is 22.8 Å². The smallest absolute Gasteiger partial charge is 0.235 e. The first kappa shape index (κ1) is 15.8. The molecule has 0 spiro atoms. The molecule has 0 aliphatic carbocycles. The molecule has 0 unspecified atom stereocenters. The van der Waals surface area contributed by atoms with E-state index in [0.717, 1.165) is 5.56 Å². The second-order valence-electron chi connectivity index (χ2n) is 5.85. The van der Waals surface area contributed by atoms with E-state index in [-0.39, 0.29) is 11.2 Å². The lowest BCUT2D eigenvalue weighted by molar-refractivity contribution is 0.460. The zero-order valence-corrected chi connectivity index (χ0v) is 13.8. The largest absolute Gasteiger partial charge is 0.452 e. The third kappa shape index (κ3) is 2.75. The molecule has 0 bridgehead atoms. The van der Waals surface area contributed by atoms with Gasteiger partial charge < -0.3 is 20.6 Å². The first-order valence-corrected chi connectivity index (χ1v) is 8.07. The monoisotopic (exact) mass is 344 g/mol. The highest BCUT2D eigenvalue weighted by Gasteiger charge is 2.19. The Kier molecular flexibility index (Phi) is 3.82. The number of ether oxygens (including phenoxy) is 1. The first-order chi connectivity index (χ1) is 12.6. The van der Waals surface area contributed by atoms with Crippen LogP contribution in [0.5, 0.6) is 11.5 Å². The van der Waals surface area contributed by atoms with Crippen molar-refractivity contribution in [1.82, 2.24) is 0 Å². The number of benzene rings is 3. The van der Waals surface area contributed by atoms with Crippen molar-refractivity contribution in [1.29, 1.82) is 0 Å². The van der Waals surface area contributed by atoms with Crippen molar-refractivity contribution in [2.24, 2.45) is 0 Å². The van der Waals surface area contributed by atoms with E-state index >= 15 is 0 Å². The fraction of sp³-hybridized carbons (Fsp3) is 0. The molecule has 0 aliphatic heterocycles. The fourth-order valence-electron chi connectivity index (χ4n) is 2.75. The lowest BCUT2D eigenvalue weighted by atomic mass is 10.1. The molecule has 0 aliphatic rings. The van der Waals surface area contributed by atoms with Crippen molar-refractivity contribution in [2.75, 3.05) is 11.5 Å². The maximum Gasteiger partial charge on any atom is 0.235 e. The maximum atomic E-state index is 13.1. The number of hydrogen-bond acceptors (Lipinski definition) is 5. The van der Waals surface area contributed by atoms with Crippen LogP contribution in [-0.2, 0) is 0 Å². The Bertz CT molecular complexity index is 1150. The van der Waals surface area contributed by atoms with E-state index in [9.17, 15) is 4.79 Å². The van der Waals surface area contributed by atoms with E-state index in [0.29, 0.717) is 33.9 Å². The van der Waals surface area contributed by atoms with Gasteiger partial charge in [0.25, 0.3) is 0 Å². The molecule has 0 saturated heterocycles. The van der Waals surface area contributed by atoms with E-state index in [1.54, 1.807) is 36.4 Å². The topological polar surface area (TPSA) is 91.5 Å².